The predicted octanol–water partition coefficient (Wildman–Crippen LogP) is 4.53. The number of hydrogen-bond donors (Lipinski definition) is 1. The number of aliphatic imine (C=N–C) groups is 2. The Kier molecular flexibility index (Phi) is 6.83. The first kappa shape index (κ1) is 17.5. The highest BCUT2D eigenvalue weighted by Gasteiger charge is 2.03. The molecule has 0 aliphatic heterocycles. The van der Waals surface area contributed by atoms with Crippen molar-refractivity contribution in [3.8, 4) is 0 Å². The third-order valence-electron chi connectivity index (χ3n) is 3.24. The van der Waals surface area contributed by atoms with Gasteiger partial charge in [-0.1, -0.05) is 23.8 Å². The molecule has 0 aliphatic carbocycles. The smallest absolute Gasteiger partial charge is 0.128 e. The maximum Gasteiger partial charge on any atom is 0.128 e. The highest BCUT2D eigenvalue weighted by molar-refractivity contribution is 6.02. The topological polar surface area (TPSA) is 49.6 Å². The summed E-state index contributed by atoms with van der Waals surface area (Å²) in [5, 5.41) is 3.23. The summed E-state index contributed by atoms with van der Waals surface area (Å²) < 4.78 is 13.9. The molecule has 4 nitrogen and oxygen atoms in total. The third kappa shape index (κ3) is 5.76. The molecular formula is C19H21FN4. The van der Waals surface area contributed by atoms with Gasteiger partial charge in [0.05, 0.1) is 6.54 Å². The maximum absolute atomic E-state index is 13.9. The molecule has 1 aromatic heterocycles. The van der Waals surface area contributed by atoms with Crippen LogP contribution in [0.25, 0.3) is 0 Å². The summed E-state index contributed by atoms with van der Waals surface area (Å²) in [4.78, 5) is 12.7. The van der Waals surface area contributed by atoms with Gasteiger partial charge >= 0.3 is 0 Å². The molecule has 2 aromatic rings. The minimum Gasteiger partial charge on any atom is -0.344 e. The zero-order valence-electron chi connectivity index (χ0n) is 13.9. The Hall–Kier alpha value is -2.82. The molecule has 1 N–H and O–H groups in total. The molecule has 24 heavy (non-hydrogen) atoms. The van der Waals surface area contributed by atoms with Gasteiger partial charge in [-0.3, -0.25) is 15.0 Å². The van der Waals surface area contributed by atoms with E-state index in [1.165, 1.54) is 6.07 Å². The van der Waals surface area contributed by atoms with Crippen molar-refractivity contribution in [2.75, 3.05) is 5.32 Å². The molecule has 0 aliphatic rings. The number of halogens is 1. The lowest BCUT2D eigenvalue weighted by atomic mass is 10.1. The largest absolute Gasteiger partial charge is 0.344 e. The summed E-state index contributed by atoms with van der Waals surface area (Å²) in [6.07, 6.45) is 9.26. The number of nitrogens with one attached hydrogen (secondary N) is 1. The van der Waals surface area contributed by atoms with E-state index >= 15 is 0 Å². The van der Waals surface area contributed by atoms with Gasteiger partial charge in [0.15, 0.2) is 0 Å². The fraction of sp³-hybridized carbons (Fsp3) is 0.211. The van der Waals surface area contributed by atoms with Gasteiger partial charge in [0.25, 0.3) is 0 Å². The van der Waals surface area contributed by atoms with E-state index in [1.54, 1.807) is 30.9 Å². The Bertz CT molecular complexity index is 736. The maximum atomic E-state index is 13.9. The van der Waals surface area contributed by atoms with Gasteiger partial charge in [-0.15, -0.1) is 0 Å². The average molecular weight is 324 g/mol. The monoisotopic (exact) mass is 324 g/mol. The van der Waals surface area contributed by atoms with Crippen LogP contribution in [0.15, 0.2) is 65.0 Å². The molecule has 1 heterocycles. The predicted molar refractivity (Wildman–Crippen MR) is 98.1 cm³/mol. The van der Waals surface area contributed by atoms with Gasteiger partial charge in [0.1, 0.15) is 11.7 Å². The third-order valence-corrected chi connectivity index (χ3v) is 3.24. The molecule has 2 rings (SSSR count). The molecule has 0 saturated carbocycles. The number of amidine groups is 1. The number of allylic oxidation sites excluding steroid dienone is 1. The second-order valence-corrected chi connectivity index (χ2v) is 5.24. The quantitative estimate of drug-likeness (QED) is 0.627. The first-order chi connectivity index (χ1) is 11.7. The fourth-order valence-corrected chi connectivity index (χ4v) is 2.05. The molecule has 0 bridgehead atoms. The summed E-state index contributed by atoms with van der Waals surface area (Å²) in [6.45, 7) is 4.12. The van der Waals surface area contributed by atoms with Crippen molar-refractivity contribution in [1.82, 2.24) is 4.98 Å². The first-order valence-corrected chi connectivity index (χ1v) is 7.77. The summed E-state index contributed by atoms with van der Waals surface area (Å²) in [6, 6.07) is 8.75. The lowest BCUT2D eigenvalue weighted by Gasteiger charge is -2.09. The molecule has 0 radical (unpaired) electrons. The average Bonchev–Trinajstić information content (AvgIpc) is 2.60. The molecule has 124 valence electrons. The van der Waals surface area contributed by atoms with Crippen LogP contribution < -0.4 is 5.32 Å². The number of rotatable bonds is 6. The fourth-order valence-electron chi connectivity index (χ4n) is 2.05. The minimum absolute atomic E-state index is 0.241. The second-order valence-electron chi connectivity index (χ2n) is 5.24. The Labute approximate surface area is 141 Å². The van der Waals surface area contributed by atoms with E-state index in [0.29, 0.717) is 12.0 Å². The van der Waals surface area contributed by atoms with E-state index in [1.807, 2.05) is 38.1 Å². The van der Waals surface area contributed by atoms with Gasteiger partial charge in [-0.2, -0.15) is 0 Å². The number of pyridine rings is 1. The molecule has 5 heteroatoms. The molecule has 0 fully saturated rings. The van der Waals surface area contributed by atoms with Crippen LogP contribution in [0.2, 0.25) is 0 Å². The van der Waals surface area contributed by atoms with E-state index in [9.17, 15) is 4.39 Å². The van der Waals surface area contributed by atoms with Crippen molar-refractivity contribution >= 4 is 17.7 Å². The van der Waals surface area contributed by atoms with E-state index in [0.717, 1.165) is 17.1 Å². The number of aryl methyl sites for hydroxylation is 1. The normalized spacial score (nSPS) is 12.2. The van der Waals surface area contributed by atoms with Gasteiger partial charge in [0.2, 0.25) is 0 Å². The van der Waals surface area contributed by atoms with Crippen molar-refractivity contribution < 1.29 is 4.39 Å². The standard InChI is InChI=1S/C19H21FN4/c1-3-9-21-12-8-19(24-17-6-10-22-11-7-17)23-14-16-13-15(2)4-5-18(16)20/h3-7,9-13H,8,14H2,1-2H3,(H,22,23,24)/b9-3-,21-12?. The van der Waals surface area contributed by atoms with E-state index in [2.05, 4.69) is 20.3 Å². The SMILES string of the molecule is C/C=C\N=CCC(=NCc1cc(C)ccc1F)Nc1ccncc1. The van der Waals surface area contributed by atoms with E-state index < -0.39 is 0 Å². The number of anilines is 1. The van der Waals surface area contributed by atoms with Crippen LogP contribution in [-0.4, -0.2) is 17.0 Å². The van der Waals surface area contributed by atoms with Gasteiger partial charge in [-0.05, 0) is 32.0 Å². The first-order valence-electron chi connectivity index (χ1n) is 7.77. The molecule has 1 aromatic carbocycles. The Morgan fingerprint density at radius 2 is 2.04 bits per heavy atom. The Balaban J connectivity index is 2.15. The number of aromatic nitrogens is 1. The van der Waals surface area contributed by atoms with E-state index in [4.69, 9.17) is 0 Å². The van der Waals surface area contributed by atoms with Crippen LogP contribution in [0.4, 0.5) is 10.1 Å². The van der Waals surface area contributed by atoms with Crippen LogP contribution in [-0.2, 0) is 6.54 Å². The Morgan fingerprint density at radius 3 is 2.79 bits per heavy atom. The zero-order valence-corrected chi connectivity index (χ0v) is 13.9. The van der Waals surface area contributed by atoms with E-state index in [-0.39, 0.29) is 12.4 Å². The van der Waals surface area contributed by atoms with Crippen molar-refractivity contribution in [1.29, 1.82) is 0 Å². The number of hydrogen-bond acceptors (Lipinski definition) is 3. The van der Waals surface area contributed by atoms with Crippen molar-refractivity contribution in [3.63, 3.8) is 0 Å². The highest BCUT2D eigenvalue weighted by atomic mass is 19.1. The Morgan fingerprint density at radius 1 is 1.25 bits per heavy atom. The molecule has 0 saturated heterocycles. The van der Waals surface area contributed by atoms with Gasteiger partial charge < -0.3 is 5.32 Å². The molecule has 0 amide bonds. The van der Waals surface area contributed by atoms with Crippen LogP contribution in [0, 0.1) is 12.7 Å². The van der Waals surface area contributed by atoms with Gasteiger partial charge in [0, 0.05) is 42.5 Å². The summed E-state index contributed by atoms with van der Waals surface area (Å²) in [7, 11) is 0. The zero-order chi connectivity index (χ0) is 17.2. The molecule has 0 atom stereocenters. The summed E-state index contributed by atoms with van der Waals surface area (Å²) in [5.41, 5.74) is 2.47. The lowest BCUT2D eigenvalue weighted by molar-refractivity contribution is 0.610. The van der Waals surface area contributed by atoms with Crippen molar-refractivity contribution in [2.45, 2.75) is 26.8 Å². The lowest BCUT2D eigenvalue weighted by Crippen LogP contribution is -2.13. The minimum atomic E-state index is -0.241. The van der Waals surface area contributed by atoms with Crippen LogP contribution in [0.3, 0.4) is 0 Å². The van der Waals surface area contributed by atoms with Crippen LogP contribution >= 0.6 is 0 Å². The highest BCUT2D eigenvalue weighted by Crippen LogP contribution is 2.12. The summed E-state index contributed by atoms with van der Waals surface area (Å²) >= 11 is 0. The molecular weight excluding hydrogens is 303 g/mol. The van der Waals surface area contributed by atoms with Crippen molar-refractivity contribution in [2.24, 2.45) is 9.98 Å². The number of nitrogens with zero attached hydrogens (tertiary/aromatic N) is 3. The second kappa shape index (κ2) is 9.35. The molecule has 0 spiro atoms. The van der Waals surface area contributed by atoms with Gasteiger partial charge in [-0.25, -0.2) is 4.39 Å². The number of benzene rings is 1. The van der Waals surface area contributed by atoms with Crippen molar-refractivity contribution in [3.05, 3.63) is 71.9 Å². The molecule has 0 unspecified atom stereocenters. The van der Waals surface area contributed by atoms with Crippen LogP contribution in [0.5, 0.6) is 0 Å². The van der Waals surface area contributed by atoms with Crippen LogP contribution in [0.1, 0.15) is 24.5 Å². The summed E-state index contributed by atoms with van der Waals surface area (Å²) in [5.74, 6) is 0.477.